The van der Waals surface area contributed by atoms with Gasteiger partial charge in [0.25, 0.3) is 0 Å². The molecular formula is C30H30O2. The highest BCUT2D eigenvalue weighted by Crippen LogP contribution is 2.54. The summed E-state index contributed by atoms with van der Waals surface area (Å²) < 4.78 is 0. The van der Waals surface area contributed by atoms with Gasteiger partial charge in [0, 0.05) is 0 Å². The van der Waals surface area contributed by atoms with Crippen molar-refractivity contribution in [1.29, 1.82) is 0 Å². The Kier molecular flexibility index (Phi) is 6.16. The minimum absolute atomic E-state index is 0.0498. The molecule has 2 heteroatoms. The Balaban J connectivity index is 0.00000119. The monoisotopic (exact) mass is 422 g/mol. The minimum atomic E-state index is -0.341. The van der Waals surface area contributed by atoms with Gasteiger partial charge in [0.2, 0.25) is 0 Å². The van der Waals surface area contributed by atoms with Gasteiger partial charge < -0.3 is 10.2 Å². The van der Waals surface area contributed by atoms with Crippen molar-refractivity contribution in [1.82, 2.24) is 0 Å². The third-order valence-corrected chi connectivity index (χ3v) is 6.35. The summed E-state index contributed by atoms with van der Waals surface area (Å²) in [6, 6.07) is 31.3. The fourth-order valence-electron chi connectivity index (χ4n) is 4.90. The smallest absolute Gasteiger partial charge is 0.115 e. The largest absolute Gasteiger partial charge is 0.508 e. The van der Waals surface area contributed by atoms with Crippen molar-refractivity contribution in [2.75, 3.05) is 0 Å². The summed E-state index contributed by atoms with van der Waals surface area (Å²) in [5.41, 5.74) is 9.34. The van der Waals surface area contributed by atoms with E-state index in [9.17, 15) is 10.2 Å². The maximum atomic E-state index is 9.94. The third-order valence-electron chi connectivity index (χ3n) is 6.35. The maximum absolute atomic E-state index is 9.94. The summed E-state index contributed by atoms with van der Waals surface area (Å²) in [5, 5.41) is 19.4. The standard InChI is InChI=1S/C28H24O2.C2H6/c1-19-6-15-25-24-4-2-3-5-26(24)28(27(25)16-19,22-11-13-23(30)14-12-22)17-20-7-9-21(18-29)10-8-20;1-2/h2-16,29-30H,17-18H2,1H3;1-2H3. The summed E-state index contributed by atoms with van der Waals surface area (Å²) in [6.45, 7) is 6.19. The minimum Gasteiger partial charge on any atom is -0.508 e. The van der Waals surface area contributed by atoms with E-state index in [1.54, 1.807) is 12.1 Å². The molecule has 0 bridgehead atoms. The van der Waals surface area contributed by atoms with E-state index in [1.807, 2.05) is 38.1 Å². The van der Waals surface area contributed by atoms with Crippen molar-refractivity contribution < 1.29 is 10.2 Å². The number of benzene rings is 4. The Labute approximate surface area is 190 Å². The normalized spacial score (nSPS) is 16.0. The van der Waals surface area contributed by atoms with Gasteiger partial charge in [0.15, 0.2) is 0 Å². The van der Waals surface area contributed by atoms with Crippen molar-refractivity contribution in [2.24, 2.45) is 0 Å². The van der Waals surface area contributed by atoms with E-state index in [0.29, 0.717) is 0 Å². The molecule has 162 valence electrons. The number of phenols is 1. The predicted molar refractivity (Wildman–Crippen MR) is 132 cm³/mol. The Morgan fingerprint density at radius 1 is 0.688 bits per heavy atom. The van der Waals surface area contributed by atoms with Gasteiger partial charge >= 0.3 is 0 Å². The number of phenolic OH excluding ortho intramolecular Hbond substituents is 1. The average molecular weight is 423 g/mol. The number of rotatable bonds is 4. The lowest BCUT2D eigenvalue weighted by molar-refractivity contribution is 0.282. The van der Waals surface area contributed by atoms with Gasteiger partial charge in [-0.3, -0.25) is 0 Å². The third kappa shape index (κ3) is 3.61. The van der Waals surface area contributed by atoms with Crippen LogP contribution in [0.1, 0.15) is 47.2 Å². The van der Waals surface area contributed by atoms with Crippen LogP contribution in [0.3, 0.4) is 0 Å². The van der Waals surface area contributed by atoms with E-state index in [1.165, 1.54) is 38.9 Å². The molecule has 2 N–H and O–H groups in total. The van der Waals surface area contributed by atoms with Crippen LogP contribution in [0.15, 0.2) is 91.0 Å². The molecule has 0 aliphatic heterocycles. The van der Waals surface area contributed by atoms with Crippen LogP contribution in [0, 0.1) is 6.92 Å². The summed E-state index contributed by atoms with van der Waals surface area (Å²) in [7, 11) is 0. The highest BCUT2D eigenvalue weighted by atomic mass is 16.3. The molecular weight excluding hydrogens is 392 g/mol. The number of hydrogen-bond donors (Lipinski definition) is 2. The number of aromatic hydroxyl groups is 1. The maximum Gasteiger partial charge on any atom is 0.115 e. The molecule has 32 heavy (non-hydrogen) atoms. The zero-order valence-electron chi connectivity index (χ0n) is 19.0. The van der Waals surface area contributed by atoms with Crippen molar-refractivity contribution in [3.8, 4) is 16.9 Å². The summed E-state index contributed by atoms with van der Waals surface area (Å²) in [5.74, 6) is 0.275. The lowest BCUT2D eigenvalue weighted by Gasteiger charge is -2.33. The molecule has 0 aromatic heterocycles. The SMILES string of the molecule is CC.Cc1ccc2c(c1)C(Cc1ccc(CO)cc1)(c1ccc(O)cc1)c1ccccc1-2. The quantitative estimate of drug-likeness (QED) is 0.381. The van der Waals surface area contributed by atoms with Crippen molar-refractivity contribution in [3.63, 3.8) is 0 Å². The van der Waals surface area contributed by atoms with E-state index >= 15 is 0 Å². The molecule has 0 spiro atoms. The molecule has 5 rings (SSSR count). The molecule has 2 nitrogen and oxygen atoms in total. The molecule has 4 aromatic rings. The number of aliphatic hydroxyl groups excluding tert-OH is 1. The molecule has 0 saturated heterocycles. The van der Waals surface area contributed by atoms with E-state index < -0.39 is 0 Å². The van der Waals surface area contributed by atoms with E-state index in [-0.39, 0.29) is 17.8 Å². The van der Waals surface area contributed by atoms with Gasteiger partial charge in [-0.25, -0.2) is 0 Å². The molecule has 1 aliphatic carbocycles. The number of aliphatic hydroxyl groups is 1. The molecule has 0 saturated carbocycles. The first kappa shape index (κ1) is 21.9. The number of fused-ring (bicyclic) bond motifs is 3. The Hall–Kier alpha value is -3.36. The number of hydrogen-bond acceptors (Lipinski definition) is 2. The van der Waals surface area contributed by atoms with Crippen molar-refractivity contribution >= 4 is 0 Å². The van der Waals surface area contributed by atoms with Crippen LogP contribution in [0.25, 0.3) is 11.1 Å². The second kappa shape index (κ2) is 9.02. The predicted octanol–water partition coefficient (Wildman–Crippen LogP) is 6.78. The van der Waals surface area contributed by atoms with E-state index in [2.05, 4.69) is 61.5 Å². The summed E-state index contributed by atoms with van der Waals surface area (Å²) in [6.07, 6.45) is 0.803. The summed E-state index contributed by atoms with van der Waals surface area (Å²) in [4.78, 5) is 0. The van der Waals surface area contributed by atoms with Crippen molar-refractivity contribution in [3.05, 3.63) is 124 Å². The van der Waals surface area contributed by atoms with Gasteiger partial charge in [-0.05, 0) is 64.4 Å². The van der Waals surface area contributed by atoms with E-state index in [4.69, 9.17) is 0 Å². The number of aryl methyl sites for hydroxylation is 1. The summed E-state index contributed by atoms with van der Waals surface area (Å²) >= 11 is 0. The Morgan fingerprint density at radius 3 is 2.00 bits per heavy atom. The second-order valence-electron chi connectivity index (χ2n) is 8.20. The lowest BCUT2D eigenvalue weighted by Crippen LogP contribution is -2.30. The van der Waals surface area contributed by atoms with Crippen LogP contribution < -0.4 is 0 Å². The fraction of sp³-hybridized carbons (Fsp3) is 0.200. The van der Waals surface area contributed by atoms with Gasteiger partial charge in [-0.1, -0.05) is 98.3 Å². The van der Waals surface area contributed by atoms with Gasteiger partial charge in [0.05, 0.1) is 12.0 Å². The molecule has 1 aliphatic rings. The first-order valence-electron chi connectivity index (χ1n) is 11.3. The van der Waals surface area contributed by atoms with Crippen LogP contribution in [-0.2, 0) is 18.4 Å². The van der Waals surface area contributed by atoms with Gasteiger partial charge in [-0.15, -0.1) is 0 Å². The molecule has 4 aromatic carbocycles. The van der Waals surface area contributed by atoms with Crippen LogP contribution in [0.2, 0.25) is 0 Å². The van der Waals surface area contributed by atoms with Crippen molar-refractivity contribution in [2.45, 2.75) is 39.2 Å². The zero-order valence-corrected chi connectivity index (χ0v) is 19.0. The van der Waals surface area contributed by atoms with Crippen LogP contribution >= 0.6 is 0 Å². The first-order valence-corrected chi connectivity index (χ1v) is 11.3. The second-order valence-corrected chi connectivity index (χ2v) is 8.20. The highest BCUT2D eigenvalue weighted by molar-refractivity contribution is 5.84. The van der Waals surface area contributed by atoms with Gasteiger partial charge in [-0.2, -0.15) is 0 Å². The molecule has 0 fully saturated rings. The molecule has 0 amide bonds. The highest BCUT2D eigenvalue weighted by Gasteiger charge is 2.44. The molecule has 1 atom stereocenters. The molecule has 1 unspecified atom stereocenters. The lowest BCUT2D eigenvalue weighted by atomic mass is 9.68. The first-order chi connectivity index (χ1) is 15.6. The van der Waals surface area contributed by atoms with E-state index in [0.717, 1.165) is 12.0 Å². The van der Waals surface area contributed by atoms with Crippen LogP contribution in [0.4, 0.5) is 0 Å². The Morgan fingerprint density at radius 2 is 1.31 bits per heavy atom. The van der Waals surface area contributed by atoms with Gasteiger partial charge in [0.1, 0.15) is 5.75 Å². The van der Waals surface area contributed by atoms with Crippen LogP contribution in [-0.4, -0.2) is 10.2 Å². The average Bonchev–Trinajstić information content (AvgIpc) is 3.11. The fourth-order valence-corrected chi connectivity index (χ4v) is 4.90. The van der Waals surface area contributed by atoms with Crippen LogP contribution in [0.5, 0.6) is 5.75 Å². The zero-order chi connectivity index (χ0) is 22.7. The molecule has 0 heterocycles. The molecule has 0 radical (unpaired) electrons. The Bertz CT molecular complexity index is 1210. The topological polar surface area (TPSA) is 40.5 Å².